The quantitative estimate of drug-likeness (QED) is 0.649. The first-order chi connectivity index (χ1) is 9.60. The lowest BCUT2D eigenvalue weighted by atomic mass is 9.99. The molecule has 0 bridgehead atoms. The number of hydrazine groups is 1. The predicted molar refractivity (Wildman–Crippen MR) is 76.8 cm³/mol. The van der Waals surface area contributed by atoms with Crippen LogP contribution in [-0.2, 0) is 12.8 Å². The number of rotatable bonds is 5. The molecule has 0 spiro atoms. The van der Waals surface area contributed by atoms with E-state index in [1.807, 2.05) is 6.07 Å². The molecule has 1 aromatic heterocycles. The molecule has 0 radical (unpaired) electrons. The molecule has 6 heteroatoms. The molecule has 1 unspecified atom stereocenters. The van der Waals surface area contributed by atoms with Gasteiger partial charge in [0.25, 0.3) is 0 Å². The molecule has 1 heterocycles. The van der Waals surface area contributed by atoms with Crippen LogP contribution in [0.15, 0.2) is 41.1 Å². The van der Waals surface area contributed by atoms with E-state index in [1.54, 1.807) is 12.4 Å². The van der Waals surface area contributed by atoms with Gasteiger partial charge in [0.1, 0.15) is 11.6 Å². The number of aromatic nitrogens is 1. The topological polar surface area (TPSA) is 50.9 Å². The summed E-state index contributed by atoms with van der Waals surface area (Å²) in [6.07, 6.45) is 4.07. The van der Waals surface area contributed by atoms with Gasteiger partial charge >= 0.3 is 0 Å². The molecule has 1 atom stereocenters. The van der Waals surface area contributed by atoms with E-state index in [9.17, 15) is 8.78 Å². The van der Waals surface area contributed by atoms with Gasteiger partial charge in [0.15, 0.2) is 0 Å². The zero-order valence-corrected chi connectivity index (χ0v) is 12.2. The number of nitrogens with zero attached hydrogens (tertiary/aromatic N) is 1. The van der Waals surface area contributed by atoms with Crippen LogP contribution in [0.2, 0.25) is 0 Å². The van der Waals surface area contributed by atoms with Crippen LogP contribution in [0.5, 0.6) is 0 Å². The second-order valence-electron chi connectivity index (χ2n) is 4.48. The van der Waals surface area contributed by atoms with Gasteiger partial charge in [0.2, 0.25) is 0 Å². The van der Waals surface area contributed by atoms with Crippen molar-refractivity contribution in [1.82, 2.24) is 10.4 Å². The fourth-order valence-corrected chi connectivity index (χ4v) is 2.43. The van der Waals surface area contributed by atoms with Crippen LogP contribution in [0.3, 0.4) is 0 Å². The van der Waals surface area contributed by atoms with Gasteiger partial charge in [-0.2, -0.15) is 0 Å². The summed E-state index contributed by atoms with van der Waals surface area (Å²) in [5.41, 5.74) is 3.57. The standard InChI is InChI=1S/C14H14BrF2N3/c15-10-4-9(7-19-8-10)5-11(20-18)6-12-13(16)2-1-3-14(12)17/h1-4,7-8,11,20H,5-6,18H2. The summed E-state index contributed by atoms with van der Waals surface area (Å²) in [4.78, 5) is 4.05. The molecule has 1 aromatic carbocycles. The van der Waals surface area contributed by atoms with E-state index in [-0.39, 0.29) is 18.0 Å². The van der Waals surface area contributed by atoms with Crippen LogP contribution in [0, 0.1) is 11.6 Å². The van der Waals surface area contributed by atoms with Gasteiger partial charge in [-0.25, -0.2) is 8.78 Å². The summed E-state index contributed by atoms with van der Waals surface area (Å²) in [5.74, 6) is 4.36. The second-order valence-corrected chi connectivity index (χ2v) is 5.40. The Balaban J connectivity index is 2.13. The Kier molecular flexibility index (Phi) is 5.17. The molecule has 106 valence electrons. The van der Waals surface area contributed by atoms with E-state index in [0.29, 0.717) is 6.42 Å². The summed E-state index contributed by atoms with van der Waals surface area (Å²) in [5, 5.41) is 0. The van der Waals surface area contributed by atoms with Crippen molar-refractivity contribution < 1.29 is 8.78 Å². The number of nitrogens with two attached hydrogens (primary N) is 1. The lowest BCUT2D eigenvalue weighted by Gasteiger charge is -2.16. The van der Waals surface area contributed by atoms with Crippen molar-refractivity contribution >= 4 is 15.9 Å². The number of halogens is 3. The Morgan fingerprint density at radius 1 is 1.20 bits per heavy atom. The van der Waals surface area contributed by atoms with Crippen molar-refractivity contribution in [2.75, 3.05) is 0 Å². The van der Waals surface area contributed by atoms with Crippen molar-refractivity contribution in [2.45, 2.75) is 18.9 Å². The lowest BCUT2D eigenvalue weighted by molar-refractivity contribution is 0.484. The summed E-state index contributed by atoms with van der Waals surface area (Å²) in [7, 11) is 0. The van der Waals surface area contributed by atoms with Crippen molar-refractivity contribution in [3.05, 3.63) is 63.9 Å². The highest BCUT2D eigenvalue weighted by atomic mass is 79.9. The van der Waals surface area contributed by atoms with Crippen molar-refractivity contribution in [3.63, 3.8) is 0 Å². The Labute approximate surface area is 124 Å². The number of hydrogen-bond donors (Lipinski definition) is 2. The normalized spacial score (nSPS) is 12.4. The van der Waals surface area contributed by atoms with Crippen molar-refractivity contribution in [2.24, 2.45) is 5.84 Å². The molecule has 2 aromatic rings. The molecule has 3 N–H and O–H groups in total. The van der Waals surface area contributed by atoms with Crippen LogP contribution < -0.4 is 11.3 Å². The smallest absolute Gasteiger partial charge is 0.129 e. The predicted octanol–water partition coefficient (Wildman–Crippen LogP) is 2.74. The zero-order valence-electron chi connectivity index (χ0n) is 10.6. The third-order valence-electron chi connectivity index (χ3n) is 2.99. The number of pyridine rings is 1. The molecule has 20 heavy (non-hydrogen) atoms. The number of nitrogens with one attached hydrogen (secondary N) is 1. The molecule has 3 nitrogen and oxygen atoms in total. The van der Waals surface area contributed by atoms with Gasteiger partial charge in [-0.3, -0.25) is 16.3 Å². The monoisotopic (exact) mass is 341 g/mol. The van der Waals surface area contributed by atoms with E-state index in [2.05, 4.69) is 26.3 Å². The molecule has 0 aliphatic rings. The minimum atomic E-state index is -0.558. The first-order valence-corrected chi connectivity index (χ1v) is 6.88. The highest BCUT2D eigenvalue weighted by Gasteiger charge is 2.15. The minimum absolute atomic E-state index is 0.0402. The highest BCUT2D eigenvalue weighted by molar-refractivity contribution is 9.10. The molecular weight excluding hydrogens is 328 g/mol. The molecular formula is C14H14BrF2N3. The van der Waals surface area contributed by atoms with E-state index in [1.165, 1.54) is 18.2 Å². The van der Waals surface area contributed by atoms with Crippen molar-refractivity contribution in [3.8, 4) is 0 Å². The molecule has 0 aliphatic heterocycles. The maximum atomic E-state index is 13.6. The van der Waals surface area contributed by atoms with Gasteiger partial charge in [0.05, 0.1) is 0 Å². The first kappa shape index (κ1) is 15.0. The first-order valence-electron chi connectivity index (χ1n) is 6.08. The summed E-state index contributed by atoms with van der Waals surface area (Å²) in [6.45, 7) is 0. The Hall–Kier alpha value is -1.37. The Morgan fingerprint density at radius 2 is 1.90 bits per heavy atom. The summed E-state index contributed by atoms with van der Waals surface area (Å²) >= 11 is 3.33. The van der Waals surface area contributed by atoms with Gasteiger partial charge in [-0.15, -0.1) is 0 Å². The van der Waals surface area contributed by atoms with Crippen LogP contribution in [-0.4, -0.2) is 11.0 Å². The average Bonchev–Trinajstić information content (AvgIpc) is 2.42. The number of benzene rings is 1. The van der Waals surface area contributed by atoms with Crippen LogP contribution in [0.4, 0.5) is 8.78 Å². The Morgan fingerprint density at radius 3 is 2.50 bits per heavy atom. The summed E-state index contributed by atoms with van der Waals surface area (Å²) in [6, 6.07) is 5.45. The van der Waals surface area contributed by atoms with Gasteiger partial charge < -0.3 is 0 Å². The third-order valence-corrected chi connectivity index (χ3v) is 3.43. The van der Waals surface area contributed by atoms with E-state index in [4.69, 9.17) is 5.84 Å². The van der Waals surface area contributed by atoms with E-state index >= 15 is 0 Å². The van der Waals surface area contributed by atoms with Crippen LogP contribution in [0.25, 0.3) is 0 Å². The third kappa shape index (κ3) is 3.82. The number of hydrogen-bond acceptors (Lipinski definition) is 3. The van der Waals surface area contributed by atoms with Gasteiger partial charge in [0, 0.05) is 28.5 Å². The van der Waals surface area contributed by atoms with Crippen LogP contribution >= 0.6 is 15.9 Å². The molecule has 0 fully saturated rings. The zero-order chi connectivity index (χ0) is 14.5. The fraction of sp³-hybridized carbons (Fsp3) is 0.214. The highest BCUT2D eigenvalue weighted by Crippen LogP contribution is 2.17. The molecule has 0 aliphatic carbocycles. The van der Waals surface area contributed by atoms with Crippen LogP contribution in [0.1, 0.15) is 11.1 Å². The van der Waals surface area contributed by atoms with Gasteiger partial charge in [-0.1, -0.05) is 6.07 Å². The maximum absolute atomic E-state index is 13.6. The lowest BCUT2D eigenvalue weighted by Crippen LogP contribution is -2.38. The fourth-order valence-electron chi connectivity index (χ4n) is 2.02. The molecule has 0 saturated heterocycles. The average molecular weight is 342 g/mol. The molecule has 0 saturated carbocycles. The van der Waals surface area contributed by atoms with E-state index in [0.717, 1.165) is 10.0 Å². The van der Waals surface area contributed by atoms with E-state index < -0.39 is 11.6 Å². The van der Waals surface area contributed by atoms with Crippen molar-refractivity contribution in [1.29, 1.82) is 0 Å². The Bertz CT molecular complexity index is 572. The second kappa shape index (κ2) is 6.88. The molecule has 2 rings (SSSR count). The largest absolute Gasteiger partial charge is 0.271 e. The SMILES string of the molecule is NNC(Cc1cncc(Br)c1)Cc1c(F)cccc1F. The van der Waals surface area contributed by atoms with Gasteiger partial charge in [-0.05, 0) is 52.5 Å². The molecule has 0 amide bonds. The summed E-state index contributed by atoms with van der Waals surface area (Å²) < 4.78 is 28.1. The minimum Gasteiger partial charge on any atom is -0.271 e. The maximum Gasteiger partial charge on any atom is 0.129 e.